The van der Waals surface area contributed by atoms with Gasteiger partial charge in [0.05, 0.1) is 0 Å². The highest BCUT2D eigenvalue weighted by Gasteiger charge is 2.01. The van der Waals surface area contributed by atoms with Crippen molar-refractivity contribution in [3.05, 3.63) is 57.6 Å². The van der Waals surface area contributed by atoms with Crippen LogP contribution >= 0.6 is 0 Å². The first-order chi connectivity index (χ1) is 15.5. The first kappa shape index (κ1) is 23.4. The zero-order valence-electron chi connectivity index (χ0n) is 18.9. The number of aryl methyl sites for hydroxylation is 2. The smallest absolute Gasteiger partial charge is 0.0390 e. The van der Waals surface area contributed by atoms with Crippen molar-refractivity contribution in [3.63, 3.8) is 0 Å². The summed E-state index contributed by atoms with van der Waals surface area (Å²) in [7, 11) is 0. The molecule has 32 heavy (non-hydrogen) atoms. The minimum atomic E-state index is -0.0377. The average Bonchev–Trinajstić information content (AvgIpc) is 2.76. The summed E-state index contributed by atoms with van der Waals surface area (Å²) < 4.78 is 0. The van der Waals surface area contributed by atoms with Gasteiger partial charge >= 0.3 is 0 Å². The molecule has 0 saturated carbocycles. The molecule has 1 aliphatic rings. The predicted molar refractivity (Wildman–Crippen MR) is 130 cm³/mol. The summed E-state index contributed by atoms with van der Waals surface area (Å²) in [4.78, 5) is 17.7. The maximum absolute atomic E-state index is 12.7. The van der Waals surface area contributed by atoms with Crippen LogP contribution in [0.4, 0.5) is 0 Å². The molecule has 0 unspecified atom stereocenters. The minimum Gasteiger partial charge on any atom is -0.872 e. The molecule has 3 rings (SSSR count). The lowest BCUT2D eigenvalue weighted by molar-refractivity contribution is -0.269. The van der Waals surface area contributed by atoms with E-state index in [-0.39, 0.29) is 11.5 Å². The highest BCUT2D eigenvalue weighted by molar-refractivity contribution is 5.92. The number of hydrogen-bond donors (Lipinski definition) is 0. The molecular weight excluding hydrogens is 400 g/mol. The Morgan fingerprint density at radius 2 is 0.750 bits per heavy atom. The van der Waals surface area contributed by atoms with Gasteiger partial charge in [-0.15, -0.1) is 0 Å². The molecule has 0 aromatic heterocycles. The molecule has 1 aliphatic heterocycles. The zero-order valence-corrected chi connectivity index (χ0v) is 18.9. The van der Waals surface area contributed by atoms with Gasteiger partial charge in [-0.3, -0.25) is 20.0 Å². The van der Waals surface area contributed by atoms with Gasteiger partial charge in [-0.2, -0.15) is 0 Å². The van der Waals surface area contributed by atoms with Crippen molar-refractivity contribution in [2.75, 3.05) is 26.2 Å². The first-order valence-corrected chi connectivity index (χ1v) is 11.2. The fourth-order valence-corrected chi connectivity index (χ4v) is 3.51. The Balaban J connectivity index is 1.76. The van der Waals surface area contributed by atoms with Gasteiger partial charge in [-0.1, -0.05) is 35.8 Å². The fraction of sp³-hybridized carbons (Fsp3) is 0.385. The highest BCUT2D eigenvalue weighted by Crippen LogP contribution is 2.20. The molecule has 6 nitrogen and oxygen atoms in total. The molecule has 0 saturated heterocycles. The summed E-state index contributed by atoms with van der Waals surface area (Å²) >= 11 is 0. The number of fused-ring (bicyclic) bond motifs is 4. The van der Waals surface area contributed by atoms with Crippen LogP contribution in [-0.2, 0) is 0 Å². The number of aliphatic imine (C=N–C) groups is 4. The van der Waals surface area contributed by atoms with E-state index in [2.05, 4.69) is 20.0 Å². The Morgan fingerprint density at radius 1 is 0.500 bits per heavy atom. The molecule has 0 N–H and O–H groups in total. The number of nitrogens with zero attached hydrogens (tertiary/aromatic N) is 4. The van der Waals surface area contributed by atoms with Gasteiger partial charge in [-0.05, 0) is 72.9 Å². The summed E-state index contributed by atoms with van der Waals surface area (Å²) in [5, 5.41) is 25.3. The van der Waals surface area contributed by atoms with Crippen molar-refractivity contribution < 1.29 is 10.2 Å². The van der Waals surface area contributed by atoms with Gasteiger partial charge in [0.2, 0.25) is 0 Å². The van der Waals surface area contributed by atoms with E-state index in [0.29, 0.717) is 48.4 Å². The molecular formula is C26H30N4O2-2. The van der Waals surface area contributed by atoms with Gasteiger partial charge in [0.15, 0.2) is 0 Å². The monoisotopic (exact) mass is 430 g/mol. The molecule has 0 amide bonds. The molecule has 0 aliphatic carbocycles. The Hall–Kier alpha value is -3.28. The average molecular weight is 431 g/mol. The second kappa shape index (κ2) is 11.9. The molecule has 4 bridgehead atoms. The summed E-state index contributed by atoms with van der Waals surface area (Å²) in [6, 6.07) is 7.45. The second-order valence-corrected chi connectivity index (χ2v) is 8.10. The van der Waals surface area contributed by atoms with Crippen LogP contribution in [-0.4, -0.2) is 51.0 Å². The van der Waals surface area contributed by atoms with Gasteiger partial charge in [0.25, 0.3) is 0 Å². The Morgan fingerprint density at radius 3 is 1.00 bits per heavy atom. The van der Waals surface area contributed by atoms with Gasteiger partial charge in [0.1, 0.15) is 0 Å². The summed E-state index contributed by atoms with van der Waals surface area (Å²) in [6.45, 7) is 6.46. The third-order valence-corrected chi connectivity index (χ3v) is 5.15. The fourth-order valence-electron chi connectivity index (χ4n) is 3.51. The number of rotatable bonds is 0. The van der Waals surface area contributed by atoms with E-state index in [1.165, 1.54) is 0 Å². The van der Waals surface area contributed by atoms with Crippen LogP contribution in [0.1, 0.15) is 59.1 Å². The third-order valence-electron chi connectivity index (χ3n) is 5.15. The first-order valence-electron chi connectivity index (χ1n) is 11.2. The lowest BCUT2D eigenvalue weighted by Gasteiger charge is -2.15. The molecule has 2 aromatic carbocycles. The molecule has 0 spiro atoms. The van der Waals surface area contributed by atoms with E-state index in [4.69, 9.17) is 0 Å². The van der Waals surface area contributed by atoms with Crippen LogP contribution < -0.4 is 10.2 Å². The highest BCUT2D eigenvalue weighted by atomic mass is 16.3. The maximum atomic E-state index is 12.7. The molecule has 0 radical (unpaired) electrons. The summed E-state index contributed by atoms with van der Waals surface area (Å²) in [6.07, 6.45) is 10.1. The van der Waals surface area contributed by atoms with E-state index in [9.17, 15) is 10.2 Å². The van der Waals surface area contributed by atoms with Crippen molar-refractivity contribution in [2.45, 2.75) is 39.5 Å². The molecule has 168 valence electrons. The van der Waals surface area contributed by atoms with E-state index < -0.39 is 0 Å². The normalized spacial score (nSPS) is 15.8. The Labute approximate surface area is 190 Å². The van der Waals surface area contributed by atoms with E-state index >= 15 is 0 Å². The summed E-state index contributed by atoms with van der Waals surface area (Å²) in [5.41, 5.74) is 4.42. The molecule has 1 heterocycles. The molecule has 2 aromatic rings. The van der Waals surface area contributed by atoms with Crippen molar-refractivity contribution >= 4 is 24.9 Å². The Kier molecular flexibility index (Phi) is 8.72. The molecule has 0 fully saturated rings. The minimum absolute atomic E-state index is 0.0377. The van der Waals surface area contributed by atoms with Crippen LogP contribution in [0.2, 0.25) is 0 Å². The van der Waals surface area contributed by atoms with Crippen LogP contribution in [0.25, 0.3) is 0 Å². The topological polar surface area (TPSA) is 95.6 Å². The number of benzene rings is 2. The maximum Gasteiger partial charge on any atom is 0.0390 e. The SMILES string of the molecule is Cc1cc2c([O-])c(c1)C=NCCCCN=Cc1cc(C)cc(c1[O-])C=NCCCCN=C2. The summed E-state index contributed by atoms with van der Waals surface area (Å²) in [5.74, 6) is -0.0754. The van der Waals surface area contributed by atoms with Crippen molar-refractivity contribution in [2.24, 2.45) is 20.0 Å². The lowest BCUT2D eigenvalue weighted by atomic mass is 10.1. The van der Waals surface area contributed by atoms with Crippen LogP contribution in [0.5, 0.6) is 11.5 Å². The van der Waals surface area contributed by atoms with Gasteiger partial charge in [0, 0.05) is 51.0 Å². The standard InChI is InChI=1S/C26H32N4O2/c1-19-11-21-15-27-7-3-5-9-29-17-23-13-20(2)14-24(26(23)32)18-30-10-6-4-8-28-16-22(12-19)25(21)31/h11-18,31-32H,3-10H2,1-2H3/p-2. The van der Waals surface area contributed by atoms with E-state index in [0.717, 1.165) is 36.8 Å². The zero-order chi connectivity index (χ0) is 22.8. The second-order valence-electron chi connectivity index (χ2n) is 8.10. The largest absolute Gasteiger partial charge is 0.872 e. The van der Waals surface area contributed by atoms with Crippen LogP contribution in [0, 0.1) is 13.8 Å². The third kappa shape index (κ3) is 6.87. The van der Waals surface area contributed by atoms with Crippen molar-refractivity contribution in [3.8, 4) is 11.5 Å². The molecule has 0 atom stereocenters. The quantitative estimate of drug-likeness (QED) is 0.640. The predicted octanol–water partition coefficient (Wildman–Crippen LogP) is 3.40. The van der Waals surface area contributed by atoms with E-state index in [1.54, 1.807) is 24.9 Å². The van der Waals surface area contributed by atoms with E-state index in [1.807, 2.05) is 38.1 Å². The van der Waals surface area contributed by atoms with Gasteiger partial charge < -0.3 is 10.2 Å². The van der Waals surface area contributed by atoms with Crippen LogP contribution in [0.15, 0.2) is 44.2 Å². The van der Waals surface area contributed by atoms with Crippen LogP contribution in [0.3, 0.4) is 0 Å². The van der Waals surface area contributed by atoms with Crippen molar-refractivity contribution in [1.29, 1.82) is 0 Å². The van der Waals surface area contributed by atoms with Gasteiger partial charge in [-0.25, -0.2) is 0 Å². The molecule has 6 heteroatoms. The Bertz CT molecular complexity index is 881. The van der Waals surface area contributed by atoms with Crippen molar-refractivity contribution in [1.82, 2.24) is 0 Å². The number of hydrogen-bond acceptors (Lipinski definition) is 6. The lowest BCUT2D eigenvalue weighted by Crippen LogP contribution is -2.03.